The van der Waals surface area contributed by atoms with Gasteiger partial charge in [-0.3, -0.25) is 14.7 Å². The highest BCUT2D eigenvalue weighted by Crippen LogP contribution is 2.21. The molecule has 0 atom stereocenters. The maximum absolute atomic E-state index is 13.3. The molecule has 148 valence electrons. The van der Waals surface area contributed by atoms with E-state index in [1.165, 1.54) is 4.68 Å². The molecule has 30 heavy (non-hydrogen) atoms. The molecule has 1 amide bonds. The molecular formula is C24H20N4O2. The van der Waals surface area contributed by atoms with E-state index in [-0.39, 0.29) is 11.5 Å². The first-order chi connectivity index (χ1) is 14.6. The lowest BCUT2D eigenvalue weighted by molar-refractivity contribution is 0.0955. The summed E-state index contributed by atoms with van der Waals surface area (Å²) < 4.78 is 1.48. The Morgan fingerprint density at radius 2 is 1.43 bits per heavy atom. The van der Waals surface area contributed by atoms with Gasteiger partial charge in [-0.1, -0.05) is 66.7 Å². The quantitative estimate of drug-likeness (QED) is 0.395. The lowest BCUT2D eigenvalue weighted by Crippen LogP contribution is -2.23. The zero-order valence-electron chi connectivity index (χ0n) is 16.4. The second kappa shape index (κ2) is 8.45. The van der Waals surface area contributed by atoms with Gasteiger partial charge in [0.25, 0.3) is 11.5 Å². The smallest absolute Gasteiger partial charge is 0.281 e. The van der Waals surface area contributed by atoms with E-state index in [1.807, 2.05) is 66.7 Å². The number of H-pyrrole nitrogens is 1. The van der Waals surface area contributed by atoms with Crippen molar-refractivity contribution in [3.05, 3.63) is 112 Å². The van der Waals surface area contributed by atoms with E-state index in [2.05, 4.69) is 15.6 Å². The van der Waals surface area contributed by atoms with Gasteiger partial charge in [-0.25, -0.2) is 10.1 Å². The molecule has 0 saturated heterocycles. The van der Waals surface area contributed by atoms with Gasteiger partial charge in [0.1, 0.15) is 0 Å². The predicted octanol–water partition coefficient (Wildman–Crippen LogP) is 3.99. The van der Waals surface area contributed by atoms with Gasteiger partial charge in [-0.15, -0.1) is 0 Å². The average molecular weight is 396 g/mol. The maximum Gasteiger partial charge on any atom is 0.281 e. The zero-order chi connectivity index (χ0) is 20.9. The lowest BCUT2D eigenvalue weighted by atomic mass is 10.1. The molecule has 4 aromatic rings. The topological polar surface area (TPSA) is 79.2 Å². The van der Waals surface area contributed by atoms with E-state index in [0.717, 1.165) is 5.56 Å². The molecule has 1 heterocycles. The van der Waals surface area contributed by atoms with Gasteiger partial charge in [0.15, 0.2) is 0 Å². The summed E-state index contributed by atoms with van der Waals surface area (Å²) in [7, 11) is 0. The van der Waals surface area contributed by atoms with Crippen molar-refractivity contribution in [2.24, 2.45) is 5.10 Å². The minimum atomic E-state index is -0.338. The molecular weight excluding hydrogens is 376 g/mol. The Bertz CT molecular complexity index is 1240. The summed E-state index contributed by atoms with van der Waals surface area (Å²) in [4.78, 5) is 25.6. The standard InChI is InChI=1S/C24H20N4O2/c1-17(25-26-23(29)19-13-7-3-8-14-19)21-22(18-11-5-2-6-12-18)27-28(24(21)30)20-15-9-4-10-16-20/h2-16,27H,1H3,(H,26,29). The van der Waals surface area contributed by atoms with Crippen LogP contribution < -0.4 is 11.0 Å². The number of hydrogen-bond acceptors (Lipinski definition) is 3. The van der Waals surface area contributed by atoms with E-state index >= 15 is 0 Å². The maximum atomic E-state index is 13.3. The number of carbonyl (C=O) groups is 1. The molecule has 2 N–H and O–H groups in total. The van der Waals surface area contributed by atoms with Gasteiger partial charge in [-0.05, 0) is 31.2 Å². The van der Waals surface area contributed by atoms with Gasteiger partial charge < -0.3 is 0 Å². The fraction of sp³-hybridized carbons (Fsp3) is 0.0417. The van der Waals surface area contributed by atoms with Crippen molar-refractivity contribution in [1.82, 2.24) is 15.2 Å². The largest absolute Gasteiger partial charge is 0.290 e. The number of carbonyl (C=O) groups excluding carboxylic acids is 1. The Morgan fingerprint density at radius 1 is 0.867 bits per heavy atom. The van der Waals surface area contributed by atoms with E-state index in [4.69, 9.17) is 0 Å². The van der Waals surface area contributed by atoms with Crippen LogP contribution in [-0.4, -0.2) is 21.4 Å². The Kier molecular flexibility index (Phi) is 5.39. The third-order valence-electron chi connectivity index (χ3n) is 4.69. The first-order valence-electron chi connectivity index (χ1n) is 9.51. The Morgan fingerprint density at radius 3 is 2.07 bits per heavy atom. The third-order valence-corrected chi connectivity index (χ3v) is 4.69. The molecule has 0 aliphatic heterocycles. The van der Waals surface area contributed by atoms with Crippen molar-refractivity contribution in [2.75, 3.05) is 0 Å². The number of nitrogens with one attached hydrogen (secondary N) is 2. The number of aromatic nitrogens is 2. The Labute approximate surface area is 173 Å². The summed E-state index contributed by atoms with van der Waals surface area (Å²) in [6, 6.07) is 27.7. The second-order valence-corrected chi connectivity index (χ2v) is 6.71. The molecule has 0 bridgehead atoms. The van der Waals surface area contributed by atoms with E-state index in [9.17, 15) is 9.59 Å². The van der Waals surface area contributed by atoms with Crippen LogP contribution in [0.15, 0.2) is 101 Å². The first-order valence-corrected chi connectivity index (χ1v) is 9.51. The van der Waals surface area contributed by atoms with E-state index in [1.54, 1.807) is 31.2 Å². The fourth-order valence-electron chi connectivity index (χ4n) is 3.19. The number of benzene rings is 3. The molecule has 0 saturated carbocycles. The zero-order valence-corrected chi connectivity index (χ0v) is 16.4. The minimum absolute atomic E-state index is 0.240. The van der Waals surface area contributed by atoms with Crippen LogP contribution >= 0.6 is 0 Å². The lowest BCUT2D eigenvalue weighted by Gasteiger charge is -2.04. The number of rotatable bonds is 5. The molecule has 0 unspecified atom stereocenters. The monoisotopic (exact) mass is 396 g/mol. The number of hydrogen-bond donors (Lipinski definition) is 2. The third kappa shape index (κ3) is 3.84. The van der Waals surface area contributed by atoms with E-state index < -0.39 is 0 Å². The molecule has 6 nitrogen and oxygen atoms in total. The molecule has 3 aromatic carbocycles. The normalized spacial score (nSPS) is 11.3. The number of para-hydroxylation sites is 1. The van der Waals surface area contributed by atoms with Gasteiger partial charge >= 0.3 is 0 Å². The molecule has 6 heteroatoms. The molecule has 0 fully saturated rings. The summed E-state index contributed by atoms with van der Waals surface area (Å²) in [6.45, 7) is 1.71. The van der Waals surface area contributed by atoms with Crippen molar-refractivity contribution in [3.8, 4) is 16.9 Å². The minimum Gasteiger partial charge on any atom is -0.290 e. The highest BCUT2D eigenvalue weighted by molar-refractivity contribution is 6.04. The number of aromatic amines is 1. The summed E-state index contributed by atoms with van der Waals surface area (Å²) in [5, 5.41) is 7.40. The molecule has 0 radical (unpaired) electrons. The predicted molar refractivity (Wildman–Crippen MR) is 118 cm³/mol. The van der Waals surface area contributed by atoms with Crippen LogP contribution in [0, 0.1) is 0 Å². The molecule has 1 aromatic heterocycles. The van der Waals surface area contributed by atoms with E-state index in [0.29, 0.717) is 28.2 Å². The van der Waals surface area contributed by atoms with Crippen LogP contribution in [0.2, 0.25) is 0 Å². The second-order valence-electron chi connectivity index (χ2n) is 6.71. The molecule has 0 aliphatic carbocycles. The van der Waals surface area contributed by atoms with Crippen molar-refractivity contribution in [2.45, 2.75) is 6.92 Å². The highest BCUT2D eigenvalue weighted by Gasteiger charge is 2.19. The summed E-state index contributed by atoms with van der Waals surface area (Å²) in [5.41, 5.74) is 5.81. The number of amides is 1. The summed E-state index contributed by atoms with van der Waals surface area (Å²) in [5.74, 6) is -0.338. The van der Waals surface area contributed by atoms with Gasteiger partial charge in [-0.2, -0.15) is 5.10 Å². The Hall–Kier alpha value is -4.19. The first kappa shape index (κ1) is 19.1. The molecule has 4 rings (SSSR count). The van der Waals surface area contributed by atoms with Crippen LogP contribution in [0.3, 0.4) is 0 Å². The van der Waals surface area contributed by atoms with Crippen LogP contribution in [-0.2, 0) is 0 Å². The molecule has 0 spiro atoms. The Balaban J connectivity index is 1.77. The van der Waals surface area contributed by atoms with Crippen molar-refractivity contribution in [1.29, 1.82) is 0 Å². The SMILES string of the molecule is CC(=NNC(=O)c1ccccc1)c1c(-c2ccccc2)[nH]n(-c2ccccc2)c1=O. The van der Waals surface area contributed by atoms with Gasteiger partial charge in [0.05, 0.1) is 22.7 Å². The van der Waals surface area contributed by atoms with Gasteiger partial charge in [0, 0.05) is 11.1 Å². The van der Waals surface area contributed by atoms with Crippen LogP contribution in [0.25, 0.3) is 16.9 Å². The number of nitrogens with zero attached hydrogens (tertiary/aromatic N) is 2. The highest BCUT2D eigenvalue weighted by atomic mass is 16.2. The van der Waals surface area contributed by atoms with Crippen LogP contribution in [0.4, 0.5) is 0 Å². The summed E-state index contributed by atoms with van der Waals surface area (Å²) >= 11 is 0. The molecule has 0 aliphatic rings. The van der Waals surface area contributed by atoms with Gasteiger partial charge in [0.2, 0.25) is 0 Å². The summed E-state index contributed by atoms with van der Waals surface area (Å²) in [6.07, 6.45) is 0. The van der Waals surface area contributed by atoms with Crippen molar-refractivity contribution in [3.63, 3.8) is 0 Å². The van der Waals surface area contributed by atoms with Crippen molar-refractivity contribution >= 4 is 11.6 Å². The number of hydrazone groups is 1. The average Bonchev–Trinajstić information content (AvgIpc) is 3.16. The fourth-order valence-corrected chi connectivity index (χ4v) is 3.19. The van der Waals surface area contributed by atoms with Crippen LogP contribution in [0.1, 0.15) is 22.8 Å². The van der Waals surface area contributed by atoms with Crippen molar-refractivity contribution < 1.29 is 4.79 Å². The van der Waals surface area contributed by atoms with Crippen LogP contribution in [0.5, 0.6) is 0 Å².